The van der Waals surface area contributed by atoms with Crippen LogP contribution in [0.15, 0.2) is 35.9 Å². The van der Waals surface area contributed by atoms with Crippen molar-refractivity contribution < 1.29 is 23.9 Å². The van der Waals surface area contributed by atoms with E-state index in [1.165, 1.54) is 38.4 Å². The molecule has 308 valence electrons. The number of carbonyl (C=O) groups is 3. The molecule has 0 saturated heterocycles. The number of ether oxygens (including phenoxy) is 2. The molecule has 0 fully saturated rings. The van der Waals surface area contributed by atoms with E-state index in [1.54, 1.807) is 6.92 Å². The van der Waals surface area contributed by atoms with Crippen LogP contribution in [0.4, 0.5) is 0 Å². The molecule has 8 bridgehead atoms. The molecular weight excluding hydrogens is 725 g/mol. The fourth-order valence-electron chi connectivity index (χ4n) is 8.92. The van der Waals surface area contributed by atoms with Gasteiger partial charge in [-0.2, -0.15) is 0 Å². The summed E-state index contributed by atoms with van der Waals surface area (Å²) in [4.78, 5) is 57.3. The average Bonchev–Trinajstić information content (AvgIpc) is 3.94. The van der Waals surface area contributed by atoms with E-state index < -0.39 is 5.92 Å². The van der Waals surface area contributed by atoms with E-state index >= 15 is 0 Å². The van der Waals surface area contributed by atoms with Crippen molar-refractivity contribution in [2.45, 2.75) is 132 Å². The zero-order chi connectivity index (χ0) is 41.8. The van der Waals surface area contributed by atoms with Gasteiger partial charge in [0.25, 0.3) is 0 Å². The summed E-state index contributed by atoms with van der Waals surface area (Å²) in [5.41, 5.74) is 14.6. The minimum absolute atomic E-state index is 0.0444. The zero-order valence-corrected chi connectivity index (χ0v) is 36.3. The number of nitrogens with zero attached hydrogens (tertiary/aromatic N) is 2. The molecular formula is C49H62N4O5. The van der Waals surface area contributed by atoms with Gasteiger partial charge in [-0.1, -0.05) is 59.0 Å². The van der Waals surface area contributed by atoms with Crippen LogP contribution in [0.3, 0.4) is 0 Å². The van der Waals surface area contributed by atoms with E-state index in [0.717, 1.165) is 98.0 Å². The van der Waals surface area contributed by atoms with Gasteiger partial charge >= 0.3 is 11.9 Å². The Bertz CT molecular complexity index is 2370. The molecule has 1 unspecified atom stereocenters. The van der Waals surface area contributed by atoms with Gasteiger partial charge < -0.3 is 19.4 Å². The molecule has 6 rings (SSSR count). The summed E-state index contributed by atoms with van der Waals surface area (Å²) in [6, 6.07) is 8.08. The van der Waals surface area contributed by atoms with Gasteiger partial charge in [-0.3, -0.25) is 14.4 Å². The average molecular weight is 787 g/mol. The Kier molecular flexibility index (Phi) is 13.4. The lowest BCUT2D eigenvalue weighted by molar-refractivity contribution is -0.143. The molecule has 0 aromatic carbocycles. The number of methoxy groups -OCH3 is 1. The summed E-state index contributed by atoms with van der Waals surface area (Å²) in [6.07, 6.45) is 11.1. The predicted molar refractivity (Wildman–Crippen MR) is 235 cm³/mol. The summed E-state index contributed by atoms with van der Waals surface area (Å²) in [6.45, 7) is 19.0. The van der Waals surface area contributed by atoms with Crippen LogP contribution >= 0.6 is 0 Å². The Hall–Kier alpha value is -5.05. The largest absolute Gasteiger partial charge is 0.469 e. The number of allylic oxidation sites excluding steroid dienone is 5. The third-order valence-electron chi connectivity index (χ3n) is 12.3. The molecule has 2 atom stereocenters. The van der Waals surface area contributed by atoms with Crippen LogP contribution in [0.1, 0.15) is 169 Å². The molecule has 1 aliphatic carbocycles. The smallest absolute Gasteiger partial charge is 0.313 e. The summed E-state index contributed by atoms with van der Waals surface area (Å²) >= 11 is 0. The van der Waals surface area contributed by atoms with Crippen molar-refractivity contribution in [3.63, 3.8) is 0 Å². The van der Waals surface area contributed by atoms with Crippen LogP contribution in [0.2, 0.25) is 0 Å². The predicted octanol–water partition coefficient (Wildman–Crippen LogP) is 11.8. The number of rotatable bonds is 16. The van der Waals surface area contributed by atoms with Crippen LogP contribution in [-0.2, 0) is 25.5 Å². The number of aromatic nitrogens is 4. The van der Waals surface area contributed by atoms with Crippen LogP contribution in [0, 0.1) is 18.8 Å². The zero-order valence-electron chi connectivity index (χ0n) is 36.3. The number of hydrogen-bond acceptors (Lipinski definition) is 7. The number of Topliss-reactive ketones (excluding diaryl/α,β-unsaturated/α-hetero) is 1. The molecule has 0 saturated carbocycles. The summed E-state index contributed by atoms with van der Waals surface area (Å²) in [5.74, 6) is 0.254. The van der Waals surface area contributed by atoms with Crippen molar-refractivity contribution in [2.24, 2.45) is 11.8 Å². The molecule has 0 amide bonds. The van der Waals surface area contributed by atoms with Crippen molar-refractivity contribution >= 4 is 62.1 Å². The first kappa shape index (κ1) is 42.6. The molecule has 2 aliphatic heterocycles. The molecule has 3 aromatic heterocycles. The molecule has 2 N–H and O–H groups in total. The number of fused-ring (bicyclic) bond motifs is 8. The number of hydrogen-bond donors (Lipinski definition) is 2. The summed E-state index contributed by atoms with van der Waals surface area (Å²) in [7, 11) is 1.41. The van der Waals surface area contributed by atoms with Gasteiger partial charge in [0.2, 0.25) is 0 Å². The Labute approximate surface area is 343 Å². The van der Waals surface area contributed by atoms with Gasteiger partial charge in [0.05, 0.1) is 41.3 Å². The van der Waals surface area contributed by atoms with Gasteiger partial charge in [0.1, 0.15) is 6.61 Å². The third-order valence-corrected chi connectivity index (χ3v) is 12.3. The molecule has 3 aromatic rings. The monoisotopic (exact) mass is 786 g/mol. The maximum atomic E-state index is 13.4. The van der Waals surface area contributed by atoms with Gasteiger partial charge in [0, 0.05) is 34.1 Å². The second kappa shape index (κ2) is 18.3. The molecule has 3 aliphatic rings. The number of H-pyrrole nitrogens is 2. The van der Waals surface area contributed by atoms with Crippen molar-refractivity contribution in [1.82, 2.24) is 19.9 Å². The fraction of sp³-hybridized carbons (Fsp3) is 0.490. The number of ketones is 1. The Morgan fingerprint density at radius 1 is 0.862 bits per heavy atom. The molecule has 9 nitrogen and oxygen atoms in total. The Morgan fingerprint density at radius 3 is 2.28 bits per heavy atom. The quantitative estimate of drug-likeness (QED) is 0.0840. The highest BCUT2D eigenvalue weighted by Gasteiger charge is 2.36. The highest BCUT2D eigenvalue weighted by Crippen LogP contribution is 2.44. The van der Waals surface area contributed by atoms with E-state index in [9.17, 15) is 14.4 Å². The van der Waals surface area contributed by atoms with Gasteiger partial charge in [0.15, 0.2) is 5.78 Å². The van der Waals surface area contributed by atoms with Crippen molar-refractivity contribution in [3.8, 4) is 0 Å². The van der Waals surface area contributed by atoms with E-state index in [1.807, 2.05) is 32.1 Å². The molecule has 5 heterocycles. The third kappa shape index (κ3) is 9.14. The van der Waals surface area contributed by atoms with E-state index in [4.69, 9.17) is 19.4 Å². The number of aromatic amines is 2. The topological polar surface area (TPSA) is 127 Å². The molecule has 0 radical (unpaired) electrons. The van der Waals surface area contributed by atoms with E-state index in [0.29, 0.717) is 35.3 Å². The highest BCUT2D eigenvalue weighted by atomic mass is 16.5. The Morgan fingerprint density at radius 2 is 1.57 bits per heavy atom. The first-order valence-corrected chi connectivity index (χ1v) is 21.3. The van der Waals surface area contributed by atoms with Crippen LogP contribution < -0.4 is 0 Å². The number of esters is 2. The lowest BCUT2D eigenvalue weighted by atomic mass is 9.93. The first-order chi connectivity index (χ1) is 27.7. The molecule has 0 spiro atoms. The minimum Gasteiger partial charge on any atom is -0.469 e. The normalized spacial score (nSPS) is 15.8. The maximum Gasteiger partial charge on any atom is 0.313 e. The van der Waals surface area contributed by atoms with Crippen molar-refractivity contribution in [1.29, 1.82) is 0 Å². The van der Waals surface area contributed by atoms with E-state index in [-0.39, 0.29) is 30.7 Å². The molecule has 58 heavy (non-hydrogen) atoms. The van der Waals surface area contributed by atoms with Gasteiger partial charge in [-0.15, -0.1) is 0 Å². The maximum absolute atomic E-state index is 13.4. The minimum atomic E-state index is -0.571. The lowest BCUT2D eigenvalue weighted by Gasteiger charge is -2.13. The second-order valence-corrected chi connectivity index (χ2v) is 17.1. The standard InChI is InChI=1S/C49H62N4O5/c1-11-36-30(6)39-26-43-45(33(9)54)32(8)41(52-43)25-40-31(7)37(18-19-44(55)58-21-20-29(5)17-13-16-28(4)15-12-14-27(2)3)48(53-40)46-38(49(56)57-10)23-34-22-35(50-47(34)46)24-42(36)51-39/h20,22,24-28,38,50,52H,11-19,21,23H2,1-10H3/b29-20+,35-24?,39-26?,40-25?,41-25?,42-24?,43-26?,48-46?/t28?,38-/m0/s1. The van der Waals surface area contributed by atoms with Crippen molar-refractivity contribution in [3.05, 3.63) is 80.9 Å². The highest BCUT2D eigenvalue weighted by molar-refractivity contribution is 6.06. The Balaban J connectivity index is 1.35. The van der Waals surface area contributed by atoms with Crippen LogP contribution in [0.5, 0.6) is 0 Å². The number of aryl methyl sites for hydroxylation is 1. The fourth-order valence-corrected chi connectivity index (χ4v) is 8.92. The van der Waals surface area contributed by atoms with Gasteiger partial charge in [-0.25, -0.2) is 9.97 Å². The van der Waals surface area contributed by atoms with Crippen LogP contribution in [0.25, 0.3) is 44.4 Å². The summed E-state index contributed by atoms with van der Waals surface area (Å²) < 4.78 is 11.1. The summed E-state index contributed by atoms with van der Waals surface area (Å²) in [5, 5.41) is 0. The van der Waals surface area contributed by atoms with Crippen molar-refractivity contribution in [2.75, 3.05) is 13.7 Å². The first-order valence-electron chi connectivity index (χ1n) is 21.3. The number of carbonyl (C=O) groups excluding carboxylic acids is 3. The lowest BCUT2D eigenvalue weighted by Crippen LogP contribution is -2.15. The van der Waals surface area contributed by atoms with Gasteiger partial charge in [-0.05, 0) is 142 Å². The SMILES string of the molecule is CCC1=C(C)c2cc3[nH]c(cc4nc(c5c6[nH]c(cc1n2)cc6C[C@@H]5C(=O)OC)C(CCC(=O)OC/C=C(\C)CCCC(C)CCCC(C)C)=C4C)c(C)c3C(C)=O. The second-order valence-electron chi connectivity index (χ2n) is 17.1. The number of nitrogens with one attached hydrogen (secondary N) is 2. The molecule has 9 heteroatoms. The van der Waals surface area contributed by atoms with Crippen LogP contribution in [-0.4, -0.2) is 51.4 Å². The van der Waals surface area contributed by atoms with E-state index in [2.05, 4.69) is 63.6 Å².